The molecule has 1 unspecified atom stereocenters. The summed E-state index contributed by atoms with van der Waals surface area (Å²) in [7, 11) is 4.07. The highest BCUT2D eigenvalue weighted by Gasteiger charge is 2.32. The second-order valence-electron chi connectivity index (χ2n) is 5.80. The average Bonchev–Trinajstić information content (AvgIpc) is 3.07. The molecule has 1 aromatic rings. The van der Waals surface area contributed by atoms with E-state index in [1.54, 1.807) is 6.20 Å². The molecule has 0 amide bonds. The molecule has 2 rings (SSSR count). The zero-order valence-electron chi connectivity index (χ0n) is 11.9. The van der Waals surface area contributed by atoms with Crippen LogP contribution in [0.15, 0.2) is 10.7 Å². The Morgan fingerprint density at radius 2 is 2.26 bits per heavy atom. The third kappa shape index (κ3) is 4.02. The number of hydrogen-bond donors (Lipinski definition) is 2. The van der Waals surface area contributed by atoms with Crippen LogP contribution in [0, 0.1) is 0 Å². The minimum atomic E-state index is -0.912. The predicted molar refractivity (Wildman–Crippen MR) is 79.1 cm³/mol. The van der Waals surface area contributed by atoms with Crippen molar-refractivity contribution in [2.75, 3.05) is 27.2 Å². The number of likely N-dealkylation sites (N-methyl/N-ethyl adjacent to an activating group) is 1. The maximum Gasteiger partial charge on any atom is 0.117 e. The van der Waals surface area contributed by atoms with Crippen LogP contribution in [-0.4, -0.2) is 53.0 Å². The van der Waals surface area contributed by atoms with Gasteiger partial charge in [0.25, 0.3) is 0 Å². The second-order valence-corrected chi connectivity index (χ2v) is 6.65. The predicted octanol–water partition coefficient (Wildman–Crippen LogP) is 1.17. The SMILES string of the molecule is CN(C)CCn1ncc(Br)c1C(C)(O)CNC1CC1. The Balaban J connectivity index is 2.08. The first kappa shape index (κ1) is 15.0. The van der Waals surface area contributed by atoms with E-state index in [9.17, 15) is 5.11 Å². The number of aromatic nitrogens is 2. The van der Waals surface area contributed by atoms with Gasteiger partial charge in [-0.3, -0.25) is 4.68 Å². The Morgan fingerprint density at radius 1 is 1.58 bits per heavy atom. The van der Waals surface area contributed by atoms with E-state index in [2.05, 4.69) is 31.2 Å². The van der Waals surface area contributed by atoms with E-state index in [0.29, 0.717) is 12.6 Å². The molecule has 0 aliphatic heterocycles. The van der Waals surface area contributed by atoms with Crippen molar-refractivity contribution in [3.8, 4) is 0 Å². The van der Waals surface area contributed by atoms with Crippen LogP contribution in [0.25, 0.3) is 0 Å². The van der Waals surface area contributed by atoms with Gasteiger partial charge in [0.2, 0.25) is 0 Å². The molecule has 5 nitrogen and oxygen atoms in total. The fourth-order valence-corrected chi connectivity index (χ4v) is 2.80. The number of nitrogens with zero attached hydrogens (tertiary/aromatic N) is 3. The van der Waals surface area contributed by atoms with E-state index in [-0.39, 0.29) is 0 Å². The molecule has 1 heterocycles. The molecular formula is C13H23BrN4O. The van der Waals surface area contributed by atoms with Crippen LogP contribution >= 0.6 is 15.9 Å². The zero-order chi connectivity index (χ0) is 14.0. The summed E-state index contributed by atoms with van der Waals surface area (Å²) in [4.78, 5) is 2.11. The Hall–Kier alpha value is -0.430. The summed E-state index contributed by atoms with van der Waals surface area (Å²) < 4.78 is 2.76. The molecule has 2 N–H and O–H groups in total. The second kappa shape index (κ2) is 5.91. The van der Waals surface area contributed by atoms with Crippen molar-refractivity contribution in [1.29, 1.82) is 0 Å². The summed E-state index contributed by atoms with van der Waals surface area (Å²) in [5.74, 6) is 0. The van der Waals surface area contributed by atoms with Gasteiger partial charge in [0, 0.05) is 19.1 Å². The average molecular weight is 331 g/mol. The molecule has 0 spiro atoms. The van der Waals surface area contributed by atoms with Gasteiger partial charge in [-0.05, 0) is 49.8 Å². The lowest BCUT2D eigenvalue weighted by atomic mass is 10.0. The van der Waals surface area contributed by atoms with Gasteiger partial charge in [-0.2, -0.15) is 5.10 Å². The van der Waals surface area contributed by atoms with E-state index >= 15 is 0 Å². The minimum absolute atomic E-state index is 0.559. The quantitative estimate of drug-likeness (QED) is 0.788. The van der Waals surface area contributed by atoms with Crippen LogP contribution in [0.2, 0.25) is 0 Å². The Labute approximate surface area is 123 Å². The molecule has 1 aliphatic carbocycles. The van der Waals surface area contributed by atoms with Gasteiger partial charge in [-0.1, -0.05) is 0 Å². The molecule has 0 aromatic carbocycles. The first-order valence-electron chi connectivity index (χ1n) is 6.72. The monoisotopic (exact) mass is 330 g/mol. The summed E-state index contributed by atoms with van der Waals surface area (Å²) in [5, 5.41) is 18.4. The molecule has 1 fully saturated rings. The van der Waals surface area contributed by atoms with E-state index in [0.717, 1.165) is 23.3 Å². The van der Waals surface area contributed by atoms with Crippen LogP contribution in [0.4, 0.5) is 0 Å². The van der Waals surface area contributed by atoms with Crippen molar-refractivity contribution >= 4 is 15.9 Å². The lowest BCUT2D eigenvalue weighted by molar-refractivity contribution is 0.0459. The molecule has 1 atom stereocenters. The molecule has 0 saturated heterocycles. The summed E-state index contributed by atoms with van der Waals surface area (Å²) in [5.41, 5.74) is -0.0629. The molecule has 0 bridgehead atoms. The van der Waals surface area contributed by atoms with Gasteiger partial charge in [0.1, 0.15) is 5.60 Å². The van der Waals surface area contributed by atoms with E-state index in [4.69, 9.17) is 0 Å². The van der Waals surface area contributed by atoms with Crippen LogP contribution in [0.3, 0.4) is 0 Å². The summed E-state index contributed by atoms with van der Waals surface area (Å²) in [6.07, 6.45) is 4.20. The van der Waals surface area contributed by atoms with Crippen molar-refractivity contribution < 1.29 is 5.11 Å². The zero-order valence-corrected chi connectivity index (χ0v) is 13.4. The van der Waals surface area contributed by atoms with Gasteiger partial charge in [0.05, 0.1) is 22.9 Å². The smallest absolute Gasteiger partial charge is 0.117 e. The molecule has 6 heteroatoms. The highest BCUT2D eigenvalue weighted by molar-refractivity contribution is 9.10. The maximum atomic E-state index is 10.7. The molecule has 1 aromatic heterocycles. The van der Waals surface area contributed by atoms with Crippen molar-refractivity contribution in [1.82, 2.24) is 20.0 Å². The van der Waals surface area contributed by atoms with Crippen LogP contribution in [0.5, 0.6) is 0 Å². The Morgan fingerprint density at radius 3 is 2.84 bits per heavy atom. The lowest BCUT2D eigenvalue weighted by Gasteiger charge is -2.26. The number of nitrogens with one attached hydrogen (secondary N) is 1. The first-order valence-corrected chi connectivity index (χ1v) is 7.52. The normalized spacial score (nSPS) is 18.8. The highest BCUT2D eigenvalue weighted by atomic mass is 79.9. The van der Waals surface area contributed by atoms with Crippen molar-refractivity contribution in [3.05, 3.63) is 16.4 Å². The van der Waals surface area contributed by atoms with Gasteiger partial charge < -0.3 is 15.3 Å². The third-order valence-corrected chi connectivity index (χ3v) is 3.96. The fraction of sp³-hybridized carbons (Fsp3) is 0.769. The van der Waals surface area contributed by atoms with Crippen molar-refractivity contribution in [3.63, 3.8) is 0 Å². The standard InChI is InChI=1S/C13H23BrN4O/c1-13(19,9-15-10-4-5-10)12-11(14)8-16-18(12)7-6-17(2)3/h8,10,15,19H,4-7,9H2,1-3H3. The minimum Gasteiger partial charge on any atom is -0.382 e. The van der Waals surface area contributed by atoms with Crippen LogP contribution in [-0.2, 0) is 12.1 Å². The van der Waals surface area contributed by atoms with Gasteiger partial charge >= 0.3 is 0 Å². The summed E-state index contributed by atoms with van der Waals surface area (Å²) in [6, 6.07) is 0.586. The molecule has 108 valence electrons. The summed E-state index contributed by atoms with van der Waals surface area (Å²) >= 11 is 3.50. The molecule has 0 radical (unpaired) electrons. The van der Waals surface area contributed by atoms with E-state index in [1.807, 2.05) is 25.7 Å². The van der Waals surface area contributed by atoms with Crippen molar-refractivity contribution in [2.45, 2.75) is 38.0 Å². The number of hydrogen-bond acceptors (Lipinski definition) is 4. The van der Waals surface area contributed by atoms with Gasteiger partial charge in [-0.25, -0.2) is 0 Å². The van der Waals surface area contributed by atoms with E-state index in [1.165, 1.54) is 12.8 Å². The Bertz CT molecular complexity index is 426. The van der Waals surface area contributed by atoms with Gasteiger partial charge in [-0.15, -0.1) is 0 Å². The summed E-state index contributed by atoms with van der Waals surface area (Å²) in [6.45, 7) is 4.07. The Kier molecular flexibility index (Phi) is 4.66. The third-order valence-electron chi connectivity index (χ3n) is 3.38. The fourth-order valence-electron chi connectivity index (χ4n) is 2.08. The molecule has 1 saturated carbocycles. The highest BCUT2D eigenvalue weighted by Crippen LogP contribution is 2.29. The van der Waals surface area contributed by atoms with Crippen LogP contribution < -0.4 is 5.32 Å². The largest absolute Gasteiger partial charge is 0.382 e. The van der Waals surface area contributed by atoms with Crippen LogP contribution in [0.1, 0.15) is 25.5 Å². The lowest BCUT2D eigenvalue weighted by Crippen LogP contribution is -2.39. The molecule has 1 aliphatic rings. The maximum absolute atomic E-state index is 10.7. The first-order chi connectivity index (χ1) is 8.90. The number of aliphatic hydroxyl groups is 1. The number of halogens is 1. The number of rotatable bonds is 7. The van der Waals surface area contributed by atoms with Crippen molar-refractivity contribution in [2.24, 2.45) is 0 Å². The van der Waals surface area contributed by atoms with E-state index < -0.39 is 5.60 Å². The van der Waals surface area contributed by atoms with Gasteiger partial charge in [0.15, 0.2) is 0 Å². The topological polar surface area (TPSA) is 53.3 Å². The molecular weight excluding hydrogens is 308 g/mol. The molecule has 19 heavy (non-hydrogen) atoms.